The summed E-state index contributed by atoms with van der Waals surface area (Å²) in [5.41, 5.74) is 3.72. The van der Waals surface area contributed by atoms with Crippen LogP contribution in [0.4, 0.5) is 0 Å². The monoisotopic (exact) mass is 441 g/mol. The Bertz CT molecular complexity index is 1530. The Morgan fingerprint density at radius 3 is 2.70 bits per heavy atom. The summed E-state index contributed by atoms with van der Waals surface area (Å²) < 4.78 is 7.20. The number of benzene rings is 1. The number of nitrogens with one attached hydrogen (secondary N) is 2. The van der Waals surface area contributed by atoms with Gasteiger partial charge in [0.2, 0.25) is 0 Å². The molecule has 5 rings (SSSR count). The summed E-state index contributed by atoms with van der Waals surface area (Å²) in [5, 5.41) is 6.98. The van der Waals surface area contributed by atoms with Crippen LogP contribution >= 0.6 is 0 Å². The molecule has 4 aromatic heterocycles. The van der Waals surface area contributed by atoms with Crippen molar-refractivity contribution in [2.75, 3.05) is 0 Å². The highest BCUT2D eigenvalue weighted by Gasteiger charge is 2.25. The number of carbonyl (C=O) groups is 1. The summed E-state index contributed by atoms with van der Waals surface area (Å²) in [6.45, 7) is 5.80. The van der Waals surface area contributed by atoms with Gasteiger partial charge < -0.3 is 9.73 Å². The molecule has 1 aromatic carbocycles. The van der Waals surface area contributed by atoms with E-state index < -0.39 is 6.04 Å². The van der Waals surface area contributed by atoms with E-state index in [0.29, 0.717) is 16.9 Å². The van der Waals surface area contributed by atoms with Crippen molar-refractivity contribution in [2.45, 2.75) is 26.8 Å². The summed E-state index contributed by atoms with van der Waals surface area (Å²) >= 11 is 0. The number of para-hydroxylation sites is 1. The van der Waals surface area contributed by atoms with Crippen molar-refractivity contribution < 1.29 is 9.21 Å². The highest BCUT2D eigenvalue weighted by molar-refractivity contribution is 5.99. The van der Waals surface area contributed by atoms with Crippen LogP contribution in [0.1, 0.15) is 41.7 Å². The van der Waals surface area contributed by atoms with Crippen molar-refractivity contribution >= 4 is 22.5 Å². The molecule has 8 nitrogen and oxygen atoms in total. The van der Waals surface area contributed by atoms with Gasteiger partial charge in [0.05, 0.1) is 17.4 Å². The number of furan rings is 1. The zero-order chi connectivity index (χ0) is 23.1. The van der Waals surface area contributed by atoms with Crippen LogP contribution in [0.15, 0.2) is 70.1 Å². The van der Waals surface area contributed by atoms with Crippen LogP contribution in [-0.2, 0) is 0 Å². The van der Waals surface area contributed by atoms with Crippen molar-refractivity contribution in [2.24, 2.45) is 5.92 Å². The number of amides is 1. The van der Waals surface area contributed by atoms with Crippen molar-refractivity contribution in [3.8, 4) is 11.3 Å². The topological polar surface area (TPSA) is 105 Å². The number of aryl methyl sites for hydroxylation is 1. The fourth-order valence-electron chi connectivity index (χ4n) is 4.02. The van der Waals surface area contributed by atoms with Crippen LogP contribution in [0.25, 0.3) is 27.9 Å². The smallest absolute Gasteiger partial charge is 0.287 e. The first-order chi connectivity index (χ1) is 15.9. The van der Waals surface area contributed by atoms with E-state index in [9.17, 15) is 9.59 Å². The van der Waals surface area contributed by atoms with Crippen LogP contribution < -0.4 is 10.9 Å². The van der Waals surface area contributed by atoms with E-state index >= 15 is 0 Å². The number of carbonyl (C=O) groups excluding carboxylic acids is 1. The molecule has 0 fully saturated rings. The van der Waals surface area contributed by atoms with Crippen molar-refractivity contribution in [1.82, 2.24) is 24.9 Å². The Labute approximate surface area is 189 Å². The number of hydrogen-bond acceptors (Lipinski definition) is 5. The molecule has 0 saturated heterocycles. The highest BCUT2D eigenvalue weighted by atomic mass is 16.3. The Kier molecular flexibility index (Phi) is 5.05. The fourth-order valence-corrected chi connectivity index (χ4v) is 4.02. The second-order valence-corrected chi connectivity index (χ2v) is 8.37. The number of aromatic amines is 1. The Morgan fingerprint density at radius 1 is 1.15 bits per heavy atom. The first-order valence-corrected chi connectivity index (χ1v) is 10.7. The number of pyridine rings is 1. The van der Waals surface area contributed by atoms with E-state index in [-0.39, 0.29) is 23.1 Å². The van der Waals surface area contributed by atoms with E-state index in [1.54, 1.807) is 18.5 Å². The van der Waals surface area contributed by atoms with E-state index in [1.807, 2.05) is 57.2 Å². The van der Waals surface area contributed by atoms with Crippen LogP contribution in [0.3, 0.4) is 0 Å². The Hall–Kier alpha value is -4.20. The lowest BCUT2D eigenvalue weighted by Crippen LogP contribution is -2.33. The number of hydrogen-bond donors (Lipinski definition) is 2. The second-order valence-electron chi connectivity index (χ2n) is 8.37. The summed E-state index contributed by atoms with van der Waals surface area (Å²) in [7, 11) is 0. The van der Waals surface area contributed by atoms with E-state index in [0.717, 1.165) is 22.2 Å². The molecule has 8 heteroatoms. The second kappa shape index (κ2) is 8.05. The van der Waals surface area contributed by atoms with Crippen molar-refractivity contribution in [1.29, 1.82) is 0 Å². The molecule has 1 amide bonds. The maximum Gasteiger partial charge on any atom is 0.287 e. The first kappa shape index (κ1) is 20.7. The predicted molar refractivity (Wildman–Crippen MR) is 125 cm³/mol. The quantitative estimate of drug-likeness (QED) is 0.424. The van der Waals surface area contributed by atoms with Crippen LogP contribution in [0.2, 0.25) is 0 Å². The van der Waals surface area contributed by atoms with E-state index in [1.165, 1.54) is 10.6 Å². The summed E-state index contributed by atoms with van der Waals surface area (Å²) in [6.07, 6.45) is 3.40. The molecule has 1 unspecified atom stereocenters. The van der Waals surface area contributed by atoms with Crippen LogP contribution in [-0.4, -0.2) is 25.5 Å². The predicted octanol–water partition coefficient (Wildman–Crippen LogP) is 4.27. The average Bonchev–Trinajstić information content (AvgIpc) is 3.40. The van der Waals surface area contributed by atoms with Crippen molar-refractivity contribution in [3.05, 3.63) is 88.3 Å². The standard InChI is InChI=1S/C25H23N5O3/c1-14(2)23(28-25(32)24-15(3)17-8-4-5-9-20(17)33-24)19-12-22(31)30-21(27-19)11-18(29-30)16-7-6-10-26-13-16/h4-14,23,29H,1-3H3,(H,28,32). The number of H-pyrrole nitrogens is 1. The maximum atomic E-state index is 13.1. The van der Waals surface area contributed by atoms with Gasteiger partial charge in [-0.25, -0.2) is 9.50 Å². The molecule has 0 saturated carbocycles. The fraction of sp³-hybridized carbons (Fsp3) is 0.200. The maximum absolute atomic E-state index is 13.1. The zero-order valence-electron chi connectivity index (χ0n) is 18.5. The summed E-state index contributed by atoms with van der Waals surface area (Å²) in [5.74, 6) is -0.0839. The molecule has 2 N–H and O–H groups in total. The number of nitrogens with zero attached hydrogens (tertiary/aromatic N) is 3. The minimum Gasteiger partial charge on any atom is -0.451 e. The van der Waals surface area contributed by atoms with E-state index in [2.05, 4.69) is 20.4 Å². The summed E-state index contributed by atoms with van der Waals surface area (Å²) in [4.78, 5) is 34.8. The molecule has 0 radical (unpaired) electrons. The third-order valence-electron chi connectivity index (χ3n) is 5.76. The molecule has 166 valence electrons. The van der Waals surface area contributed by atoms with Gasteiger partial charge in [0, 0.05) is 41.0 Å². The molecule has 0 spiro atoms. The lowest BCUT2D eigenvalue weighted by molar-refractivity contribution is 0.0897. The largest absolute Gasteiger partial charge is 0.451 e. The molecule has 5 aromatic rings. The van der Waals surface area contributed by atoms with Gasteiger partial charge in [0.1, 0.15) is 5.58 Å². The van der Waals surface area contributed by atoms with Crippen molar-refractivity contribution in [3.63, 3.8) is 0 Å². The molecular formula is C25H23N5O3. The minimum absolute atomic E-state index is 0.00952. The van der Waals surface area contributed by atoms with Gasteiger partial charge in [-0.05, 0) is 31.0 Å². The van der Waals surface area contributed by atoms with Crippen LogP contribution in [0, 0.1) is 12.8 Å². The molecule has 0 aliphatic carbocycles. The minimum atomic E-state index is -0.473. The first-order valence-electron chi connectivity index (χ1n) is 10.7. The lowest BCUT2D eigenvalue weighted by atomic mass is 10.00. The van der Waals surface area contributed by atoms with Gasteiger partial charge in [0.25, 0.3) is 11.5 Å². The molecule has 4 heterocycles. The van der Waals surface area contributed by atoms with Gasteiger partial charge in [-0.2, -0.15) is 0 Å². The normalized spacial score (nSPS) is 12.5. The third-order valence-corrected chi connectivity index (χ3v) is 5.76. The zero-order valence-corrected chi connectivity index (χ0v) is 18.5. The van der Waals surface area contributed by atoms with Gasteiger partial charge in [0.15, 0.2) is 11.4 Å². The summed E-state index contributed by atoms with van der Waals surface area (Å²) in [6, 6.07) is 14.0. The molecule has 0 aliphatic rings. The van der Waals surface area contributed by atoms with Crippen LogP contribution in [0.5, 0.6) is 0 Å². The number of fused-ring (bicyclic) bond motifs is 2. The van der Waals surface area contributed by atoms with Gasteiger partial charge in [-0.1, -0.05) is 32.0 Å². The van der Waals surface area contributed by atoms with Gasteiger partial charge >= 0.3 is 0 Å². The highest BCUT2D eigenvalue weighted by Crippen LogP contribution is 2.27. The molecule has 0 aliphatic heterocycles. The van der Waals surface area contributed by atoms with Gasteiger partial charge in [-0.3, -0.25) is 19.7 Å². The molecule has 33 heavy (non-hydrogen) atoms. The lowest BCUT2D eigenvalue weighted by Gasteiger charge is -2.21. The Balaban J connectivity index is 1.51. The number of aromatic nitrogens is 4. The van der Waals surface area contributed by atoms with E-state index in [4.69, 9.17) is 4.42 Å². The van der Waals surface area contributed by atoms with Gasteiger partial charge in [-0.15, -0.1) is 0 Å². The molecule has 1 atom stereocenters. The SMILES string of the molecule is Cc1c(C(=O)NC(c2cc(=O)n3[nH]c(-c4cccnc4)cc3n2)C(C)C)oc2ccccc12. The molecule has 0 bridgehead atoms. The average molecular weight is 441 g/mol. The Morgan fingerprint density at radius 2 is 1.97 bits per heavy atom. The number of rotatable bonds is 5. The molecular weight excluding hydrogens is 418 g/mol. The third kappa shape index (κ3) is 3.69.